The molecule has 0 aliphatic carbocycles. The molecule has 5 heteroatoms. The summed E-state index contributed by atoms with van der Waals surface area (Å²) < 4.78 is 0. The van der Waals surface area contributed by atoms with Crippen molar-refractivity contribution in [1.29, 1.82) is 0 Å². The number of rotatable bonds is 2. The second-order valence-electron chi connectivity index (χ2n) is 3.35. The number of nitrogens with one attached hydrogen (secondary N) is 2. The molecule has 1 aliphatic rings. The molecule has 2 N–H and O–H groups in total. The van der Waals surface area contributed by atoms with Gasteiger partial charge in [0.05, 0.1) is 0 Å². The normalized spacial score (nSPS) is 19.9. The quantitative estimate of drug-likeness (QED) is 0.765. The molecule has 0 aromatic heterocycles. The number of hydrogen-bond acceptors (Lipinski definition) is 2. The van der Waals surface area contributed by atoms with Crippen LogP contribution in [0.3, 0.4) is 0 Å². The van der Waals surface area contributed by atoms with Crippen LogP contribution in [-0.2, 0) is 11.2 Å². The van der Waals surface area contributed by atoms with Gasteiger partial charge in [0.15, 0.2) is 5.11 Å². The lowest BCUT2D eigenvalue weighted by atomic mass is 10.1. The Morgan fingerprint density at radius 3 is 2.53 bits per heavy atom. The smallest absolute Gasteiger partial charge is 0.249 e. The van der Waals surface area contributed by atoms with Crippen LogP contribution < -0.4 is 10.6 Å². The van der Waals surface area contributed by atoms with E-state index in [0.717, 1.165) is 5.56 Å². The third-order valence-corrected chi connectivity index (χ3v) is 2.68. The molecule has 1 aromatic carbocycles. The van der Waals surface area contributed by atoms with Gasteiger partial charge in [0.1, 0.15) is 6.04 Å². The average Bonchev–Trinajstić information content (AvgIpc) is 2.49. The van der Waals surface area contributed by atoms with E-state index in [1.54, 1.807) is 0 Å². The van der Waals surface area contributed by atoms with E-state index in [2.05, 4.69) is 10.6 Å². The Morgan fingerprint density at radius 1 is 1.33 bits per heavy atom. The topological polar surface area (TPSA) is 41.1 Å². The third kappa shape index (κ3) is 2.46. The fourth-order valence-electron chi connectivity index (χ4n) is 1.46. The van der Waals surface area contributed by atoms with Crippen LogP contribution in [-0.4, -0.2) is 17.1 Å². The number of thiocarbonyl (C=S) groups is 1. The first-order valence-corrected chi connectivity index (χ1v) is 5.29. The zero-order chi connectivity index (χ0) is 10.8. The van der Waals surface area contributed by atoms with Crippen LogP contribution >= 0.6 is 23.8 Å². The van der Waals surface area contributed by atoms with E-state index in [1.165, 1.54) is 0 Å². The predicted molar refractivity (Wildman–Crippen MR) is 62.8 cm³/mol. The average molecular weight is 241 g/mol. The van der Waals surface area contributed by atoms with Gasteiger partial charge < -0.3 is 10.6 Å². The lowest BCUT2D eigenvalue weighted by Crippen LogP contribution is -2.30. The van der Waals surface area contributed by atoms with E-state index < -0.39 is 0 Å². The lowest BCUT2D eigenvalue weighted by molar-refractivity contribution is -0.120. The molecule has 1 fully saturated rings. The van der Waals surface area contributed by atoms with Crippen LogP contribution in [0.4, 0.5) is 0 Å². The zero-order valence-electron chi connectivity index (χ0n) is 7.79. The molecule has 1 unspecified atom stereocenters. The molecule has 0 bridgehead atoms. The highest BCUT2D eigenvalue weighted by Crippen LogP contribution is 2.12. The molecular formula is C10H9ClN2OS. The van der Waals surface area contributed by atoms with Crippen molar-refractivity contribution >= 4 is 34.8 Å². The SMILES string of the molecule is O=C1NC(=S)NC1Cc1ccc(Cl)cc1. The highest BCUT2D eigenvalue weighted by Gasteiger charge is 2.26. The molecule has 3 nitrogen and oxygen atoms in total. The molecule has 1 saturated heterocycles. The van der Waals surface area contributed by atoms with Crippen molar-refractivity contribution in [2.24, 2.45) is 0 Å². The van der Waals surface area contributed by atoms with Crippen molar-refractivity contribution in [1.82, 2.24) is 10.6 Å². The van der Waals surface area contributed by atoms with Crippen molar-refractivity contribution in [3.8, 4) is 0 Å². The largest absolute Gasteiger partial charge is 0.350 e. The Bertz CT molecular complexity index is 404. The van der Waals surface area contributed by atoms with Crippen molar-refractivity contribution in [3.05, 3.63) is 34.9 Å². The maximum atomic E-state index is 11.4. The monoisotopic (exact) mass is 240 g/mol. The number of carbonyl (C=O) groups is 1. The minimum atomic E-state index is -0.265. The van der Waals surface area contributed by atoms with Gasteiger partial charge in [-0.05, 0) is 29.9 Å². The van der Waals surface area contributed by atoms with Crippen LogP contribution in [0.25, 0.3) is 0 Å². The number of amides is 1. The van der Waals surface area contributed by atoms with Gasteiger partial charge in [-0.1, -0.05) is 23.7 Å². The summed E-state index contributed by atoms with van der Waals surface area (Å²) in [7, 11) is 0. The molecule has 2 rings (SSSR count). The number of halogens is 1. The van der Waals surface area contributed by atoms with Crippen molar-refractivity contribution in [3.63, 3.8) is 0 Å². The third-order valence-electron chi connectivity index (χ3n) is 2.21. The summed E-state index contributed by atoms with van der Waals surface area (Å²) in [6.45, 7) is 0. The van der Waals surface area contributed by atoms with E-state index in [9.17, 15) is 4.79 Å². The standard InChI is InChI=1S/C10H9ClN2OS/c11-7-3-1-6(2-4-7)5-8-9(14)13-10(15)12-8/h1-4,8H,5H2,(H2,12,13,14,15). The fourth-order valence-corrected chi connectivity index (χ4v) is 1.83. The highest BCUT2D eigenvalue weighted by atomic mass is 35.5. The van der Waals surface area contributed by atoms with Gasteiger partial charge >= 0.3 is 0 Å². The maximum absolute atomic E-state index is 11.4. The second-order valence-corrected chi connectivity index (χ2v) is 4.19. The predicted octanol–water partition coefficient (Wildman–Crippen LogP) is 1.26. The van der Waals surface area contributed by atoms with Crippen molar-refractivity contribution < 1.29 is 4.79 Å². The minimum absolute atomic E-state index is 0.0741. The van der Waals surface area contributed by atoms with Gasteiger partial charge in [0.2, 0.25) is 5.91 Å². The van der Waals surface area contributed by atoms with Crippen LogP contribution in [0.2, 0.25) is 5.02 Å². The summed E-state index contributed by atoms with van der Waals surface area (Å²) in [6.07, 6.45) is 0.614. The van der Waals surface area contributed by atoms with Crippen molar-refractivity contribution in [2.45, 2.75) is 12.5 Å². The van der Waals surface area contributed by atoms with Gasteiger partial charge in [0.25, 0.3) is 0 Å². The summed E-state index contributed by atoms with van der Waals surface area (Å²) in [6, 6.07) is 7.15. The molecule has 0 saturated carbocycles. The molecule has 78 valence electrons. The van der Waals surface area contributed by atoms with E-state index in [-0.39, 0.29) is 11.9 Å². The summed E-state index contributed by atoms with van der Waals surface area (Å²) in [5, 5.41) is 6.55. The minimum Gasteiger partial charge on any atom is -0.350 e. The second kappa shape index (κ2) is 4.16. The number of hydrogen-bond donors (Lipinski definition) is 2. The van der Waals surface area contributed by atoms with E-state index in [4.69, 9.17) is 23.8 Å². The van der Waals surface area contributed by atoms with Gasteiger partial charge in [-0.25, -0.2) is 0 Å². The molecule has 1 heterocycles. The van der Waals surface area contributed by atoms with Gasteiger partial charge in [-0.3, -0.25) is 4.79 Å². The van der Waals surface area contributed by atoms with Gasteiger partial charge in [-0.2, -0.15) is 0 Å². The summed E-state index contributed by atoms with van der Waals surface area (Å²) in [4.78, 5) is 11.4. The molecule has 1 aromatic rings. The highest BCUT2D eigenvalue weighted by molar-refractivity contribution is 7.80. The fraction of sp³-hybridized carbons (Fsp3) is 0.200. The first-order valence-electron chi connectivity index (χ1n) is 4.51. The van der Waals surface area contributed by atoms with Gasteiger partial charge in [-0.15, -0.1) is 0 Å². The number of carbonyl (C=O) groups excluding carboxylic acids is 1. The zero-order valence-corrected chi connectivity index (χ0v) is 9.36. The molecular weight excluding hydrogens is 232 g/mol. The lowest BCUT2D eigenvalue weighted by Gasteiger charge is -2.07. The number of benzene rings is 1. The first-order chi connectivity index (χ1) is 7.15. The van der Waals surface area contributed by atoms with Crippen LogP contribution in [0.5, 0.6) is 0 Å². The Kier molecular flexibility index (Phi) is 2.88. The molecule has 1 atom stereocenters. The Balaban J connectivity index is 2.06. The van der Waals surface area contributed by atoms with E-state index in [1.807, 2.05) is 24.3 Å². The molecule has 1 aliphatic heterocycles. The Morgan fingerprint density at radius 2 is 2.00 bits per heavy atom. The van der Waals surface area contributed by atoms with E-state index >= 15 is 0 Å². The maximum Gasteiger partial charge on any atom is 0.249 e. The molecule has 0 radical (unpaired) electrons. The Hall–Kier alpha value is -1.13. The van der Waals surface area contributed by atoms with Crippen LogP contribution in [0, 0.1) is 0 Å². The van der Waals surface area contributed by atoms with Gasteiger partial charge in [0, 0.05) is 11.4 Å². The molecule has 15 heavy (non-hydrogen) atoms. The summed E-state index contributed by atoms with van der Waals surface area (Å²) in [5.41, 5.74) is 1.05. The van der Waals surface area contributed by atoms with Crippen molar-refractivity contribution in [2.75, 3.05) is 0 Å². The molecule has 1 amide bonds. The van der Waals surface area contributed by atoms with E-state index in [0.29, 0.717) is 16.6 Å². The van der Waals surface area contributed by atoms with Crippen LogP contribution in [0.15, 0.2) is 24.3 Å². The summed E-state index contributed by atoms with van der Waals surface area (Å²) >= 11 is 10.6. The summed E-state index contributed by atoms with van der Waals surface area (Å²) in [5.74, 6) is -0.0741. The molecule has 0 spiro atoms. The first kappa shape index (κ1) is 10.4. The van der Waals surface area contributed by atoms with Crippen LogP contribution in [0.1, 0.15) is 5.56 Å². The Labute approximate surface area is 97.8 Å².